The number of amides is 1. The highest BCUT2D eigenvalue weighted by molar-refractivity contribution is 5.93. The molecule has 8 heteroatoms. The molecule has 0 radical (unpaired) electrons. The fourth-order valence-electron chi connectivity index (χ4n) is 2.91. The smallest absolute Gasteiger partial charge is 0.387 e. The summed E-state index contributed by atoms with van der Waals surface area (Å²) in [5.74, 6) is 0.978. The molecular weight excluding hydrogens is 370 g/mol. The van der Waals surface area contributed by atoms with Crippen molar-refractivity contribution in [2.45, 2.75) is 19.6 Å². The van der Waals surface area contributed by atoms with Crippen LogP contribution in [0.3, 0.4) is 0 Å². The second-order valence-electron chi connectivity index (χ2n) is 6.25. The Morgan fingerprint density at radius 3 is 2.68 bits per heavy atom. The van der Waals surface area contributed by atoms with Gasteiger partial charge in [-0.3, -0.25) is 9.69 Å². The normalized spacial score (nSPS) is 15.5. The van der Waals surface area contributed by atoms with Crippen LogP contribution in [0.15, 0.2) is 48.5 Å². The molecule has 0 bridgehead atoms. The van der Waals surface area contributed by atoms with Gasteiger partial charge >= 0.3 is 6.61 Å². The van der Waals surface area contributed by atoms with Gasteiger partial charge in [0.15, 0.2) is 11.5 Å². The van der Waals surface area contributed by atoms with Crippen molar-refractivity contribution in [3.05, 3.63) is 48.5 Å². The quantitative estimate of drug-likeness (QED) is 0.746. The van der Waals surface area contributed by atoms with E-state index in [-0.39, 0.29) is 30.0 Å². The van der Waals surface area contributed by atoms with Crippen LogP contribution in [0.5, 0.6) is 17.2 Å². The number of anilines is 1. The number of hydrogen-bond acceptors (Lipinski definition) is 5. The van der Waals surface area contributed by atoms with E-state index < -0.39 is 6.61 Å². The molecule has 28 heavy (non-hydrogen) atoms. The third-order valence-corrected chi connectivity index (χ3v) is 4.22. The second kappa shape index (κ2) is 9.36. The van der Waals surface area contributed by atoms with Gasteiger partial charge in [0.1, 0.15) is 18.5 Å². The first-order valence-corrected chi connectivity index (χ1v) is 8.99. The maximum absolute atomic E-state index is 12.5. The molecule has 1 heterocycles. The van der Waals surface area contributed by atoms with Gasteiger partial charge < -0.3 is 19.5 Å². The highest BCUT2D eigenvalue weighted by Crippen LogP contribution is 2.31. The van der Waals surface area contributed by atoms with Gasteiger partial charge in [0.2, 0.25) is 5.91 Å². The number of halogens is 2. The van der Waals surface area contributed by atoms with Crippen molar-refractivity contribution in [1.29, 1.82) is 0 Å². The first-order valence-electron chi connectivity index (χ1n) is 8.99. The number of rotatable bonds is 8. The molecule has 0 saturated carbocycles. The zero-order valence-corrected chi connectivity index (χ0v) is 15.4. The minimum Gasteiger partial charge on any atom is -0.486 e. The highest BCUT2D eigenvalue weighted by atomic mass is 19.3. The Labute approximate surface area is 162 Å². The van der Waals surface area contributed by atoms with Crippen molar-refractivity contribution in [2.75, 3.05) is 31.6 Å². The average Bonchev–Trinajstić information content (AvgIpc) is 2.68. The van der Waals surface area contributed by atoms with E-state index in [2.05, 4.69) is 10.1 Å². The number of nitrogens with one attached hydrogen (secondary N) is 1. The number of para-hydroxylation sites is 4. The Morgan fingerprint density at radius 1 is 1.21 bits per heavy atom. The number of nitrogens with zero attached hydrogens (tertiary/aromatic N) is 1. The second-order valence-corrected chi connectivity index (χ2v) is 6.25. The summed E-state index contributed by atoms with van der Waals surface area (Å²) in [7, 11) is 0. The summed E-state index contributed by atoms with van der Waals surface area (Å²) in [4.78, 5) is 14.3. The summed E-state index contributed by atoms with van der Waals surface area (Å²) in [6, 6.07) is 13.5. The van der Waals surface area contributed by atoms with Crippen LogP contribution in [0.25, 0.3) is 0 Å². The van der Waals surface area contributed by atoms with Crippen LogP contribution >= 0.6 is 0 Å². The monoisotopic (exact) mass is 392 g/mol. The Bertz CT molecular complexity index is 803. The number of hydrogen-bond donors (Lipinski definition) is 1. The van der Waals surface area contributed by atoms with Crippen molar-refractivity contribution < 1.29 is 27.8 Å². The standard InChI is InChI=1S/C20H22F2N2O4/c1-2-24(11-14-13-26-17-9-5-6-10-18(17)27-14)12-19(25)23-15-7-3-4-8-16(15)28-20(21)22/h3-10,14,20H,2,11-13H2,1H3,(H,23,25). The Balaban J connectivity index is 1.56. The van der Waals surface area contributed by atoms with E-state index in [9.17, 15) is 13.6 Å². The summed E-state index contributed by atoms with van der Waals surface area (Å²) in [6.45, 7) is 0.550. The molecule has 0 aliphatic carbocycles. The predicted molar refractivity (Wildman–Crippen MR) is 100 cm³/mol. The van der Waals surface area contributed by atoms with Crippen LogP contribution in [0.4, 0.5) is 14.5 Å². The van der Waals surface area contributed by atoms with Gasteiger partial charge in [-0.1, -0.05) is 31.2 Å². The van der Waals surface area contributed by atoms with Gasteiger partial charge in [-0.15, -0.1) is 0 Å². The Hall–Kier alpha value is -2.87. The van der Waals surface area contributed by atoms with E-state index in [1.165, 1.54) is 12.1 Å². The molecule has 3 rings (SSSR count). The molecule has 1 aliphatic heterocycles. The van der Waals surface area contributed by atoms with E-state index in [1.807, 2.05) is 36.1 Å². The van der Waals surface area contributed by atoms with Gasteiger partial charge in [0, 0.05) is 6.54 Å². The van der Waals surface area contributed by atoms with Crippen molar-refractivity contribution in [3.63, 3.8) is 0 Å². The number of fused-ring (bicyclic) bond motifs is 1. The van der Waals surface area contributed by atoms with E-state index in [1.54, 1.807) is 12.1 Å². The van der Waals surface area contributed by atoms with Crippen LogP contribution < -0.4 is 19.5 Å². The van der Waals surface area contributed by atoms with Gasteiger partial charge in [-0.25, -0.2) is 0 Å². The molecule has 6 nitrogen and oxygen atoms in total. The van der Waals surface area contributed by atoms with E-state index in [0.717, 1.165) is 0 Å². The number of alkyl halides is 2. The maximum atomic E-state index is 12.5. The van der Waals surface area contributed by atoms with Gasteiger partial charge in [-0.05, 0) is 30.8 Å². The lowest BCUT2D eigenvalue weighted by atomic mass is 10.2. The average molecular weight is 392 g/mol. The molecule has 2 aromatic rings. The third-order valence-electron chi connectivity index (χ3n) is 4.22. The Morgan fingerprint density at radius 2 is 1.93 bits per heavy atom. The summed E-state index contributed by atoms with van der Waals surface area (Å²) >= 11 is 0. The number of carbonyl (C=O) groups is 1. The number of likely N-dealkylation sites (N-methyl/N-ethyl adjacent to an activating group) is 1. The van der Waals surface area contributed by atoms with Crippen LogP contribution in [0.1, 0.15) is 6.92 Å². The molecule has 150 valence electrons. The zero-order valence-electron chi connectivity index (χ0n) is 15.4. The summed E-state index contributed by atoms with van der Waals surface area (Å²) < 4.78 is 41.1. The molecule has 1 unspecified atom stereocenters. The molecule has 1 aliphatic rings. The maximum Gasteiger partial charge on any atom is 0.387 e. The topological polar surface area (TPSA) is 60.0 Å². The number of carbonyl (C=O) groups excluding carboxylic acids is 1. The minimum absolute atomic E-state index is 0.0745. The van der Waals surface area contributed by atoms with Crippen molar-refractivity contribution >= 4 is 11.6 Å². The van der Waals surface area contributed by atoms with Gasteiger partial charge in [0.25, 0.3) is 0 Å². The van der Waals surface area contributed by atoms with E-state index >= 15 is 0 Å². The lowest BCUT2D eigenvalue weighted by molar-refractivity contribution is -0.117. The Kier molecular flexibility index (Phi) is 6.65. The summed E-state index contributed by atoms with van der Waals surface area (Å²) in [5, 5.41) is 2.62. The van der Waals surface area contributed by atoms with Crippen molar-refractivity contribution in [2.24, 2.45) is 0 Å². The lowest BCUT2D eigenvalue weighted by Gasteiger charge is -2.30. The van der Waals surface area contributed by atoms with Crippen LogP contribution in [-0.2, 0) is 4.79 Å². The first-order chi connectivity index (χ1) is 13.5. The molecule has 2 aromatic carbocycles. The molecular formula is C20H22F2N2O4. The third kappa shape index (κ3) is 5.32. The number of benzene rings is 2. The van der Waals surface area contributed by atoms with Gasteiger partial charge in [-0.2, -0.15) is 8.78 Å². The van der Waals surface area contributed by atoms with E-state index in [0.29, 0.717) is 31.2 Å². The van der Waals surface area contributed by atoms with Gasteiger partial charge in [0.05, 0.1) is 12.2 Å². The van der Waals surface area contributed by atoms with E-state index in [4.69, 9.17) is 9.47 Å². The number of ether oxygens (including phenoxy) is 3. The molecule has 0 aromatic heterocycles. The van der Waals surface area contributed by atoms with Crippen molar-refractivity contribution in [3.8, 4) is 17.2 Å². The largest absolute Gasteiger partial charge is 0.486 e. The predicted octanol–water partition coefficient (Wildman–Crippen LogP) is 3.39. The molecule has 1 atom stereocenters. The fourth-order valence-corrected chi connectivity index (χ4v) is 2.91. The van der Waals surface area contributed by atoms with Crippen LogP contribution in [0, 0.1) is 0 Å². The van der Waals surface area contributed by atoms with Crippen molar-refractivity contribution in [1.82, 2.24) is 4.90 Å². The lowest BCUT2D eigenvalue weighted by Crippen LogP contribution is -2.43. The molecule has 1 N–H and O–H groups in total. The minimum atomic E-state index is -2.96. The van der Waals surface area contributed by atoms with Crippen LogP contribution in [0.2, 0.25) is 0 Å². The zero-order chi connectivity index (χ0) is 19.9. The van der Waals surface area contributed by atoms with Crippen LogP contribution in [-0.4, -0.2) is 49.8 Å². The molecule has 0 saturated heterocycles. The summed E-state index contributed by atoms with van der Waals surface area (Å²) in [6.07, 6.45) is -0.211. The first kappa shape index (κ1) is 19.9. The fraction of sp³-hybridized carbons (Fsp3) is 0.350. The molecule has 0 spiro atoms. The highest BCUT2D eigenvalue weighted by Gasteiger charge is 2.23. The summed E-state index contributed by atoms with van der Waals surface area (Å²) in [5.41, 5.74) is 0.204. The molecule has 1 amide bonds. The molecule has 0 fully saturated rings. The SMILES string of the molecule is CCN(CC(=O)Nc1ccccc1OC(F)F)CC1COc2ccccc2O1.